The molecule has 19 heteroatoms. The second-order valence-electron chi connectivity index (χ2n) is 22.9. The monoisotopic (exact) mass is 1140 g/mol. The van der Waals surface area contributed by atoms with E-state index in [9.17, 15) is 61.0 Å². The van der Waals surface area contributed by atoms with Crippen molar-refractivity contribution in [3.05, 3.63) is 12.2 Å². The molecule has 17 atom stereocenters. The van der Waals surface area contributed by atoms with Gasteiger partial charge in [-0.15, -0.1) is 0 Å². The smallest absolute Gasteiger partial charge is 0.220 e. The summed E-state index contributed by atoms with van der Waals surface area (Å²) in [7, 11) is 0. The maximum Gasteiger partial charge on any atom is 0.220 e. The fourth-order valence-corrected chi connectivity index (χ4v) is 10.9. The largest absolute Gasteiger partial charge is 0.394 e. The topological polar surface area (TPSA) is 307 Å². The molecule has 3 heterocycles. The molecule has 3 aliphatic heterocycles. The molecule has 0 saturated carbocycles. The van der Waals surface area contributed by atoms with Gasteiger partial charge in [0.25, 0.3) is 0 Å². The zero-order valence-electron chi connectivity index (χ0n) is 48.6. The highest BCUT2D eigenvalue weighted by atomic mass is 16.8. The van der Waals surface area contributed by atoms with Gasteiger partial charge >= 0.3 is 0 Å². The van der Waals surface area contributed by atoms with Crippen LogP contribution >= 0.6 is 0 Å². The van der Waals surface area contributed by atoms with Crippen molar-refractivity contribution in [1.29, 1.82) is 0 Å². The van der Waals surface area contributed by atoms with Crippen LogP contribution in [-0.2, 0) is 33.2 Å². The quantitative estimate of drug-likeness (QED) is 0.0240. The summed E-state index contributed by atoms with van der Waals surface area (Å²) in [6.07, 6.45) is 18.6. The standard InChI is InChI=1S/C60H113NO18/c1-3-5-7-9-10-11-12-13-14-15-16-17-18-19-20-21-22-23-24-25-26-27-28-29-30-31-32-34-35-37-44(65)43(61-48(66)38-36-33-8-6-4-2)42-74-58-54(72)51(69)56(46(40-63)76-58)79-60-55(73)52(70)57(47(41-64)77-60)78-59-53(71)50(68)49(67)45(39-62)75-59/h35,37,43-47,49-60,62-65,67-73H,3-34,36,38-42H2,1-2H3,(H,61,66)/b37-35+. The molecule has 0 radical (unpaired) electrons. The Morgan fingerprint density at radius 2 is 0.785 bits per heavy atom. The lowest BCUT2D eigenvalue weighted by atomic mass is 9.96. The van der Waals surface area contributed by atoms with Crippen molar-refractivity contribution in [2.75, 3.05) is 26.4 Å². The number of carbonyl (C=O) groups excluding carboxylic acids is 1. The molecule has 3 aliphatic rings. The number of hydrogen-bond acceptors (Lipinski definition) is 18. The molecule has 79 heavy (non-hydrogen) atoms. The Bertz CT molecular complexity index is 1500. The number of aliphatic hydroxyl groups excluding tert-OH is 11. The van der Waals surface area contributed by atoms with Crippen LogP contribution in [0.15, 0.2) is 12.2 Å². The van der Waals surface area contributed by atoms with E-state index in [1.807, 2.05) is 6.08 Å². The molecule has 0 aromatic rings. The summed E-state index contributed by atoms with van der Waals surface area (Å²) in [6, 6.07) is -0.964. The Hall–Kier alpha value is -1.47. The van der Waals surface area contributed by atoms with Gasteiger partial charge in [-0.2, -0.15) is 0 Å². The van der Waals surface area contributed by atoms with Crippen molar-refractivity contribution in [2.24, 2.45) is 0 Å². The lowest BCUT2D eigenvalue weighted by Crippen LogP contribution is -2.66. The fourth-order valence-electron chi connectivity index (χ4n) is 10.9. The number of carbonyl (C=O) groups is 1. The Kier molecular flexibility index (Phi) is 40.1. The van der Waals surface area contributed by atoms with Crippen molar-refractivity contribution in [2.45, 2.75) is 336 Å². The number of ether oxygens (including phenoxy) is 6. The van der Waals surface area contributed by atoms with Crippen molar-refractivity contribution in [3.63, 3.8) is 0 Å². The van der Waals surface area contributed by atoms with E-state index in [0.717, 1.165) is 51.4 Å². The summed E-state index contributed by atoms with van der Waals surface area (Å²) in [4.78, 5) is 13.1. The van der Waals surface area contributed by atoms with Crippen LogP contribution in [0.2, 0.25) is 0 Å². The molecule has 0 bridgehead atoms. The van der Waals surface area contributed by atoms with Crippen molar-refractivity contribution in [1.82, 2.24) is 5.32 Å². The molecule has 466 valence electrons. The van der Waals surface area contributed by atoms with E-state index in [4.69, 9.17) is 28.4 Å². The second kappa shape index (κ2) is 44.1. The number of rotatable bonds is 47. The molecular formula is C60H113NO18. The van der Waals surface area contributed by atoms with E-state index in [0.29, 0.717) is 6.42 Å². The minimum Gasteiger partial charge on any atom is -0.394 e. The maximum absolute atomic E-state index is 13.1. The number of hydrogen-bond donors (Lipinski definition) is 12. The number of aliphatic hydroxyl groups is 11. The van der Waals surface area contributed by atoms with Crippen LogP contribution in [0.25, 0.3) is 0 Å². The Balaban J connectivity index is 1.35. The second-order valence-corrected chi connectivity index (χ2v) is 22.9. The van der Waals surface area contributed by atoms with Crippen LogP contribution in [-0.4, -0.2) is 193 Å². The van der Waals surface area contributed by atoms with E-state index in [1.54, 1.807) is 6.08 Å². The fraction of sp³-hybridized carbons (Fsp3) is 0.950. The lowest BCUT2D eigenvalue weighted by Gasteiger charge is -2.48. The van der Waals surface area contributed by atoms with Crippen LogP contribution in [0.1, 0.15) is 232 Å². The minimum absolute atomic E-state index is 0.241. The van der Waals surface area contributed by atoms with Gasteiger partial charge in [0, 0.05) is 6.42 Å². The molecule has 0 aliphatic carbocycles. The molecule has 3 saturated heterocycles. The predicted molar refractivity (Wildman–Crippen MR) is 300 cm³/mol. The summed E-state index contributed by atoms with van der Waals surface area (Å²) < 4.78 is 34.1. The average molecular weight is 1140 g/mol. The van der Waals surface area contributed by atoms with Gasteiger partial charge in [0.1, 0.15) is 73.2 Å². The van der Waals surface area contributed by atoms with Gasteiger partial charge in [-0.1, -0.05) is 219 Å². The minimum atomic E-state index is -1.97. The first-order chi connectivity index (χ1) is 38.3. The Morgan fingerprint density at radius 1 is 0.443 bits per heavy atom. The third-order valence-corrected chi connectivity index (χ3v) is 16.1. The third kappa shape index (κ3) is 27.9. The number of nitrogens with one attached hydrogen (secondary N) is 1. The van der Waals surface area contributed by atoms with E-state index in [-0.39, 0.29) is 18.9 Å². The van der Waals surface area contributed by atoms with E-state index in [2.05, 4.69) is 19.2 Å². The highest BCUT2D eigenvalue weighted by Gasteiger charge is 2.53. The molecule has 12 N–H and O–H groups in total. The molecule has 17 unspecified atom stereocenters. The first-order valence-electron chi connectivity index (χ1n) is 31.4. The summed E-state index contributed by atoms with van der Waals surface area (Å²) in [6.45, 7) is 1.63. The Morgan fingerprint density at radius 3 is 1.19 bits per heavy atom. The average Bonchev–Trinajstić information content (AvgIpc) is 3.54. The lowest BCUT2D eigenvalue weighted by molar-refractivity contribution is -0.379. The van der Waals surface area contributed by atoms with Crippen LogP contribution in [0.3, 0.4) is 0 Å². The van der Waals surface area contributed by atoms with Crippen molar-refractivity contribution >= 4 is 5.91 Å². The summed E-state index contributed by atoms with van der Waals surface area (Å²) in [5, 5.41) is 120. The van der Waals surface area contributed by atoms with E-state index >= 15 is 0 Å². The highest BCUT2D eigenvalue weighted by Crippen LogP contribution is 2.33. The van der Waals surface area contributed by atoms with Crippen LogP contribution in [0.4, 0.5) is 0 Å². The van der Waals surface area contributed by atoms with Crippen molar-refractivity contribution < 1.29 is 89.4 Å². The van der Waals surface area contributed by atoms with Crippen molar-refractivity contribution in [3.8, 4) is 0 Å². The summed E-state index contributed by atoms with van der Waals surface area (Å²) >= 11 is 0. The van der Waals surface area contributed by atoms with Gasteiger partial charge in [-0.05, 0) is 19.3 Å². The first-order valence-corrected chi connectivity index (χ1v) is 31.4. The number of allylic oxidation sites excluding steroid dienone is 1. The van der Waals surface area contributed by atoms with E-state index in [1.165, 1.54) is 154 Å². The van der Waals surface area contributed by atoms with Gasteiger partial charge in [0.2, 0.25) is 5.91 Å². The highest BCUT2D eigenvalue weighted by molar-refractivity contribution is 5.76. The molecule has 19 nitrogen and oxygen atoms in total. The normalized spacial score (nSPS) is 30.3. The molecule has 0 aromatic carbocycles. The maximum atomic E-state index is 13.1. The Labute approximate surface area is 474 Å². The van der Waals surface area contributed by atoms with Gasteiger partial charge in [0.15, 0.2) is 18.9 Å². The molecule has 3 rings (SSSR count). The number of unbranched alkanes of at least 4 members (excludes halogenated alkanes) is 31. The molecular weight excluding hydrogens is 1020 g/mol. The zero-order chi connectivity index (χ0) is 57.6. The van der Waals surface area contributed by atoms with Crippen LogP contribution in [0.5, 0.6) is 0 Å². The summed E-state index contributed by atoms with van der Waals surface area (Å²) in [5.41, 5.74) is 0. The molecule has 0 spiro atoms. The van der Waals surface area contributed by atoms with Gasteiger partial charge < -0.3 is 89.9 Å². The first kappa shape index (κ1) is 71.8. The predicted octanol–water partition coefficient (Wildman–Crippen LogP) is 6.16. The zero-order valence-corrected chi connectivity index (χ0v) is 48.6. The van der Waals surface area contributed by atoms with Crippen LogP contribution in [0, 0.1) is 0 Å². The molecule has 0 aromatic heterocycles. The van der Waals surface area contributed by atoms with Gasteiger partial charge in [-0.25, -0.2) is 0 Å². The summed E-state index contributed by atoms with van der Waals surface area (Å²) in [5.74, 6) is -0.287. The molecule has 1 amide bonds. The third-order valence-electron chi connectivity index (χ3n) is 16.1. The SMILES string of the molecule is CCCCCCCCCCCCCCCCCCCCCCCCCCCCC/C=C/C(O)C(COC1OC(CO)C(OC2OC(CO)C(OC3OC(CO)C(O)C(O)C3O)C(O)C2O)C(O)C1O)NC(=O)CCCCCCC. The van der Waals surface area contributed by atoms with Crippen LogP contribution < -0.4 is 5.32 Å². The van der Waals surface area contributed by atoms with Gasteiger partial charge in [-0.3, -0.25) is 4.79 Å². The van der Waals surface area contributed by atoms with Gasteiger partial charge in [0.05, 0.1) is 38.6 Å². The number of amides is 1. The van der Waals surface area contributed by atoms with E-state index < -0.39 is 124 Å². The molecule has 3 fully saturated rings.